The van der Waals surface area contributed by atoms with E-state index in [1.165, 1.54) is 0 Å². The Labute approximate surface area is 115 Å². The molecule has 1 saturated heterocycles. The Kier molecular flexibility index (Phi) is 4.58. The molecule has 5 nitrogen and oxygen atoms in total. The second-order valence-corrected chi connectivity index (χ2v) is 6.13. The zero-order chi connectivity index (χ0) is 13.9. The van der Waals surface area contributed by atoms with Crippen LogP contribution in [0.2, 0.25) is 0 Å². The normalized spacial score (nSPS) is 27.3. The molecule has 1 aromatic heterocycles. The van der Waals surface area contributed by atoms with Crippen LogP contribution in [0.5, 0.6) is 0 Å². The van der Waals surface area contributed by atoms with Crippen molar-refractivity contribution in [3.8, 4) is 0 Å². The van der Waals surface area contributed by atoms with Gasteiger partial charge in [-0.15, -0.1) is 0 Å². The smallest absolute Gasteiger partial charge is 0.138 e. The Morgan fingerprint density at radius 2 is 2.37 bits per heavy atom. The lowest BCUT2D eigenvalue weighted by molar-refractivity contribution is 0.0613. The SMILES string of the molecule is CC(C)CNCC1(Cc2ncnn2C)CCOC1C. The fourth-order valence-electron chi connectivity index (χ4n) is 2.75. The van der Waals surface area contributed by atoms with E-state index in [9.17, 15) is 0 Å². The molecular weight excluding hydrogens is 240 g/mol. The first-order valence-electron chi connectivity index (χ1n) is 7.19. The van der Waals surface area contributed by atoms with Crippen molar-refractivity contribution in [2.24, 2.45) is 18.4 Å². The molecule has 2 unspecified atom stereocenters. The third-order valence-corrected chi connectivity index (χ3v) is 4.18. The quantitative estimate of drug-likeness (QED) is 0.845. The number of aryl methyl sites for hydroxylation is 1. The van der Waals surface area contributed by atoms with Crippen LogP contribution in [0.3, 0.4) is 0 Å². The van der Waals surface area contributed by atoms with Gasteiger partial charge in [-0.05, 0) is 25.8 Å². The molecule has 1 N–H and O–H groups in total. The molecular formula is C14H26N4O. The first kappa shape index (κ1) is 14.5. The van der Waals surface area contributed by atoms with Crippen molar-refractivity contribution in [3.63, 3.8) is 0 Å². The minimum absolute atomic E-state index is 0.148. The fraction of sp³-hybridized carbons (Fsp3) is 0.857. The van der Waals surface area contributed by atoms with Gasteiger partial charge in [0.15, 0.2) is 0 Å². The number of hydrogen-bond acceptors (Lipinski definition) is 4. The molecule has 1 aromatic rings. The predicted octanol–water partition coefficient (Wildman–Crippen LogP) is 1.40. The predicted molar refractivity (Wildman–Crippen MR) is 74.9 cm³/mol. The highest BCUT2D eigenvalue weighted by Gasteiger charge is 2.42. The summed E-state index contributed by atoms with van der Waals surface area (Å²) in [6.07, 6.45) is 3.91. The third kappa shape index (κ3) is 3.34. The van der Waals surface area contributed by atoms with E-state index < -0.39 is 0 Å². The average Bonchev–Trinajstić information content (AvgIpc) is 2.88. The van der Waals surface area contributed by atoms with Crippen molar-refractivity contribution in [2.45, 2.75) is 39.7 Å². The molecule has 1 aliphatic heterocycles. The van der Waals surface area contributed by atoms with Crippen molar-refractivity contribution >= 4 is 0 Å². The molecule has 0 bridgehead atoms. The van der Waals surface area contributed by atoms with Gasteiger partial charge in [0.1, 0.15) is 12.2 Å². The maximum Gasteiger partial charge on any atom is 0.138 e. The Morgan fingerprint density at radius 1 is 1.58 bits per heavy atom. The summed E-state index contributed by atoms with van der Waals surface area (Å²) < 4.78 is 7.69. The molecule has 108 valence electrons. The standard InChI is InChI=1S/C14H26N4O/c1-11(2)8-15-9-14(5-6-19-12(14)3)7-13-16-10-17-18(13)4/h10-12,15H,5-9H2,1-4H3. The van der Waals surface area contributed by atoms with Gasteiger partial charge in [-0.25, -0.2) is 4.98 Å². The van der Waals surface area contributed by atoms with Crippen LogP contribution in [0.25, 0.3) is 0 Å². The van der Waals surface area contributed by atoms with Crippen molar-refractivity contribution < 1.29 is 4.74 Å². The Morgan fingerprint density at radius 3 is 2.89 bits per heavy atom. The molecule has 0 aromatic carbocycles. The van der Waals surface area contributed by atoms with E-state index in [-0.39, 0.29) is 11.5 Å². The lowest BCUT2D eigenvalue weighted by Crippen LogP contribution is -2.42. The summed E-state index contributed by atoms with van der Waals surface area (Å²) >= 11 is 0. The lowest BCUT2D eigenvalue weighted by atomic mass is 9.78. The topological polar surface area (TPSA) is 52.0 Å². The van der Waals surface area contributed by atoms with Crippen LogP contribution in [0.4, 0.5) is 0 Å². The number of nitrogens with one attached hydrogen (secondary N) is 1. The maximum absolute atomic E-state index is 5.82. The summed E-state index contributed by atoms with van der Waals surface area (Å²) in [4.78, 5) is 4.37. The van der Waals surface area contributed by atoms with E-state index in [1.807, 2.05) is 11.7 Å². The molecule has 19 heavy (non-hydrogen) atoms. The van der Waals surface area contributed by atoms with Crippen LogP contribution < -0.4 is 5.32 Å². The van der Waals surface area contributed by atoms with E-state index in [4.69, 9.17) is 4.74 Å². The highest BCUT2D eigenvalue weighted by atomic mass is 16.5. The highest BCUT2D eigenvalue weighted by molar-refractivity contribution is 5.00. The second-order valence-electron chi connectivity index (χ2n) is 6.13. The van der Waals surface area contributed by atoms with Crippen molar-refractivity contribution in [3.05, 3.63) is 12.2 Å². The summed E-state index contributed by atoms with van der Waals surface area (Å²) in [6, 6.07) is 0. The maximum atomic E-state index is 5.82. The van der Waals surface area contributed by atoms with Crippen LogP contribution in [0, 0.1) is 11.3 Å². The van der Waals surface area contributed by atoms with Crippen molar-refractivity contribution in [1.82, 2.24) is 20.1 Å². The van der Waals surface area contributed by atoms with Gasteiger partial charge in [0.05, 0.1) is 6.10 Å². The number of nitrogens with zero attached hydrogens (tertiary/aromatic N) is 3. The van der Waals surface area contributed by atoms with Crippen LogP contribution in [0.15, 0.2) is 6.33 Å². The highest BCUT2D eigenvalue weighted by Crippen LogP contribution is 2.37. The molecule has 0 saturated carbocycles. The monoisotopic (exact) mass is 266 g/mol. The zero-order valence-electron chi connectivity index (χ0n) is 12.5. The summed E-state index contributed by atoms with van der Waals surface area (Å²) in [5.74, 6) is 1.72. The summed E-state index contributed by atoms with van der Waals surface area (Å²) in [7, 11) is 1.96. The first-order chi connectivity index (χ1) is 9.03. The molecule has 0 spiro atoms. The van der Waals surface area contributed by atoms with Gasteiger partial charge < -0.3 is 10.1 Å². The molecule has 2 heterocycles. The molecule has 1 fully saturated rings. The van der Waals surface area contributed by atoms with Gasteiger partial charge in [0, 0.05) is 32.0 Å². The molecule has 2 rings (SSSR count). The van der Waals surface area contributed by atoms with Gasteiger partial charge in [-0.3, -0.25) is 4.68 Å². The third-order valence-electron chi connectivity index (χ3n) is 4.18. The van der Waals surface area contributed by atoms with E-state index in [2.05, 4.69) is 36.2 Å². The van der Waals surface area contributed by atoms with Crippen molar-refractivity contribution in [1.29, 1.82) is 0 Å². The van der Waals surface area contributed by atoms with E-state index in [0.29, 0.717) is 5.92 Å². The molecule has 0 aliphatic carbocycles. The Hall–Kier alpha value is -0.940. The van der Waals surface area contributed by atoms with E-state index >= 15 is 0 Å². The van der Waals surface area contributed by atoms with Gasteiger partial charge in [0.2, 0.25) is 0 Å². The van der Waals surface area contributed by atoms with Crippen LogP contribution in [-0.4, -0.2) is 40.6 Å². The average molecular weight is 266 g/mol. The van der Waals surface area contributed by atoms with E-state index in [0.717, 1.165) is 38.4 Å². The van der Waals surface area contributed by atoms with Gasteiger partial charge >= 0.3 is 0 Å². The number of aromatic nitrogens is 3. The Bertz CT molecular complexity index is 404. The summed E-state index contributed by atoms with van der Waals surface area (Å²) in [5.41, 5.74) is 0.148. The molecule has 0 radical (unpaired) electrons. The van der Waals surface area contributed by atoms with E-state index in [1.54, 1.807) is 6.33 Å². The fourth-order valence-corrected chi connectivity index (χ4v) is 2.75. The number of hydrogen-bond donors (Lipinski definition) is 1. The minimum atomic E-state index is 0.148. The Balaban J connectivity index is 2.05. The van der Waals surface area contributed by atoms with Crippen LogP contribution >= 0.6 is 0 Å². The van der Waals surface area contributed by atoms with Crippen LogP contribution in [-0.2, 0) is 18.2 Å². The summed E-state index contributed by atoms with van der Waals surface area (Å²) in [5, 5.41) is 7.76. The minimum Gasteiger partial charge on any atom is -0.378 e. The molecule has 0 amide bonds. The summed E-state index contributed by atoms with van der Waals surface area (Å²) in [6.45, 7) is 9.53. The number of ether oxygens (including phenoxy) is 1. The second kappa shape index (κ2) is 6.01. The first-order valence-corrected chi connectivity index (χ1v) is 7.19. The van der Waals surface area contributed by atoms with Gasteiger partial charge in [0.25, 0.3) is 0 Å². The van der Waals surface area contributed by atoms with Gasteiger partial charge in [-0.2, -0.15) is 5.10 Å². The zero-order valence-corrected chi connectivity index (χ0v) is 12.5. The number of rotatable bonds is 6. The van der Waals surface area contributed by atoms with Gasteiger partial charge in [-0.1, -0.05) is 13.8 Å². The molecule has 2 atom stereocenters. The van der Waals surface area contributed by atoms with Crippen molar-refractivity contribution in [2.75, 3.05) is 19.7 Å². The molecule has 1 aliphatic rings. The largest absolute Gasteiger partial charge is 0.378 e. The lowest BCUT2D eigenvalue weighted by Gasteiger charge is -2.32. The molecule has 5 heteroatoms. The van der Waals surface area contributed by atoms with Crippen LogP contribution in [0.1, 0.15) is 33.0 Å².